The highest BCUT2D eigenvalue weighted by Crippen LogP contribution is 2.23. The number of rotatable bonds is 7. The molecule has 3 aromatic rings. The zero-order valence-electron chi connectivity index (χ0n) is 15.8. The molecule has 0 atom stereocenters. The van der Waals surface area contributed by atoms with E-state index < -0.39 is 20.0 Å². The summed E-state index contributed by atoms with van der Waals surface area (Å²) in [4.78, 5) is 0.0187. The number of hydrogen-bond donors (Lipinski definition) is 2. The van der Waals surface area contributed by atoms with E-state index in [1.54, 1.807) is 36.4 Å². The van der Waals surface area contributed by atoms with E-state index in [0.717, 1.165) is 5.56 Å². The molecule has 0 saturated carbocycles. The van der Waals surface area contributed by atoms with Crippen LogP contribution >= 0.6 is 0 Å². The third kappa shape index (κ3) is 5.07. The Kier molecular flexibility index (Phi) is 5.81. The zero-order chi connectivity index (χ0) is 21.1. The summed E-state index contributed by atoms with van der Waals surface area (Å²) in [5.74, 6) is 0.598. The Morgan fingerprint density at radius 2 is 1.28 bits per heavy atom. The number of hydrogen-bond acceptors (Lipinski definition) is 5. The van der Waals surface area contributed by atoms with Crippen molar-refractivity contribution in [2.75, 3.05) is 16.6 Å². The first-order valence-electron chi connectivity index (χ1n) is 8.56. The van der Waals surface area contributed by atoms with Gasteiger partial charge in [0.15, 0.2) is 0 Å². The molecule has 9 heteroatoms. The molecule has 0 aliphatic heterocycles. The van der Waals surface area contributed by atoms with Gasteiger partial charge < -0.3 is 4.74 Å². The molecule has 7 nitrogen and oxygen atoms in total. The van der Waals surface area contributed by atoms with Gasteiger partial charge in [-0.1, -0.05) is 23.8 Å². The minimum Gasteiger partial charge on any atom is -0.497 e. The lowest BCUT2D eigenvalue weighted by Crippen LogP contribution is -2.15. The van der Waals surface area contributed by atoms with Gasteiger partial charge in [-0.2, -0.15) is 0 Å². The summed E-state index contributed by atoms with van der Waals surface area (Å²) >= 11 is 0. The van der Waals surface area contributed by atoms with Crippen LogP contribution in [0, 0.1) is 6.92 Å². The Bertz CT molecular complexity index is 1200. The maximum absolute atomic E-state index is 12.7. The molecule has 0 spiro atoms. The fraction of sp³-hybridized carbons (Fsp3) is 0.100. The topological polar surface area (TPSA) is 102 Å². The number of benzene rings is 3. The fourth-order valence-corrected chi connectivity index (χ4v) is 4.68. The number of methoxy groups -OCH3 is 1. The molecule has 0 unspecified atom stereocenters. The fourth-order valence-electron chi connectivity index (χ4n) is 2.53. The molecule has 0 fully saturated rings. The van der Waals surface area contributed by atoms with E-state index in [1.165, 1.54) is 43.5 Å². The van der Waals surface area contributed by atoms with Crippen LogP contribution in [0.5, 0.6) is 5.75 Å². The van der Waals surface area contributed by atoms with Gasteiger partial charge in [-0.05, 0) is 61.5 Å². The van der Waals surface area contributed by atoms with Crippen molar-refractivity contribution < 1.29 is 21.6 Å². The summed E-state index contributed by atoms with van der Waals surface area (Å²) in [6, 6.07) is 18.4. The smallest absolute Gasteiger partial charge is 0.261 e. The summed E-state index contributed by atoms with van der Waals surface area (Å²) in [6.45, 7) is 1.86. The number of nitrogens with one attached hydrogen (secondary N) is 2. The van der Waals surface area contributed by atoms with Crippen LogP contribution in [-0.2, 0) is 20.0 Å². The number of aryl methyl sites for hydroxylation is 1. The summed E-state index contributed by atoms with van der Waals surface area (Å²) in [5.41, 5.74) is 1.43. The lowest BCUT2D eigenvalue weighted by atomic mass is 10.2. The van der Waals surface area contributed by atoms with Crippen molar-refractivity contribution in [2.24, 2.45) is 0 Å². The van der Waals surface area contributed by atoms with Crippen LogP contribution < -0.4 is 14.2 Å². The summed E-state index contributed by atoms with van der Waals surface area (Å²) in [5, 5.41) is 0. The normalized spacial score (nSPS) is 11.7. The standard InChI is InChI=1S/C20H20N2O5S2/c1-15-6-12-19(13-7-15)28(23,24)22-17-4-3-5-20(14-17)29(25,26)21-16-8-10-18(27-2)11-9-16/h3-14,21-22H,1-2H3. The van der Waals surface area contributed by atoms with Gasteiger partial charge in [0.2, 0.25) is 0 Å². The highest BCUT2D eigenvalue weighted by atomic mass is 32.2. The molecule has 0 aromatic heterocycles. The maximum atomic E-state index is 12.7. The maximum Gasteiger partial charge on any atom is 0.261 e. The Morgan fingerprint density at radius 1 is 0.690 bits per heavy atom. The van der Waals surface area contributed by atoms with E-state index in [2.05, 4.69) is 9.44 Å². The third-order valence-corrected chi connectivity index (χ3v) is 6.85. The highest BCUT2D eigenvalue weighted by Gasteiger charge is 2.18. The average molecular weight is 433 g/mol. The van der Waals surface area contributed by atoms with Crippen molar-refractivity contribution in [1.82, 2.24) is 0 Å². The second kappa shape index (κ2) is 8.14. The molecule has 0 heterocycles. The quantitative estimate of drug-likeness (QED) is 0.594. The molecule has 0 radical (unpaired) electrons. The lowest BCUT2D eigenvalue weighted by molar-refractivity contribution is 0.415. The molecule has 152 valence electrons. The molecule has 3 aromatic carbocycles. The van der Waals surface area contributed by atoms with Gasteiger partial charge >= 0.3 is 0 Å². The Morgan fingerprint density at radius 3 is 1.90 bits per heavy atom. The van der Waals surface area contributed by atoms with Crippen molar-refractivity contribution in [3.8, 4) is 5.75 Å². The van der Waals surface area contributed by atoms with Crippen molar-refractivity contribution in [1.29, 1.82) is 0 Å². The van der Waals surface area contributed by atoms with Crippen LogP contribution in [0.1, 0.15) is 5.56 Å². The molecule has 2 N–H and O–H groups in total. The molecule has 3 rings (SSSR count). The van der Waals surface area contributed by atoms with Crippen molar-refractivity contribution in [3.05, 3.63) is 78.4 Å². The molecular formula is C20H20N2O5S2. The van der Waals surface area contributed by atoms with Crippen molar-refractivity contribution in [3.63, 3.8) is 0 Å². The second-order valence-corrected chi connectivity index (χ2v) is 9.65. The van der Waals surface area contributed by atoms with Crippen LogP contribution in [-0.4, -0.2) is 23.9 Å². The molecule has 29 heavy (non-hydrogen) atoms. The molecule has 0 bridgehead atoms. The average Bonchev–Trinajstić information content (AvgIpc) is 2.68. The number of ether oxygens (including phenoxy) is 1. The largest absolute Gasteiger partial charge is 0.497 e. The zero-order valence-corrected chi connectivity index (χ0v) is 17.4. The van der Waals surface area contributed by atoms with Gasteiger partial charge in [-0.15, -0.1) is 0 Å². The van der Waals surface area contributed by atoms with Gasteiger partial charge in [0, 0.05) is 5.69 Å². The molecule has 0 aliphatic carbocycles. The minimum atomic E-state index is -3.91. The van der Waals surface area contributed by atoms with Gasteiger partial charge in [0.05, 0.1) is 22.6 Å². The van der Waals surface area contributed by atoms with Gasteiger partial charge in [-0.25, -0.2) is 16.8 Å². The van der Waals surface area contributed by atoms with Crippen LogP contribution in [0.15, 0.2) is 82.6 Å². The summed E-state index contributed by atoms with van der Waals surface area (Å²) in [6.07, 6.45) is 0. The van der Waals surface area contributed by atoms with E-state index in [-0.39, 0.29) is 15.5 Å². The van der Waals surface area contributed by atoms with E-state index >= 15 is 0 Å². The molecule has 0 aliphatic rings. The van der Waals surface area contributed by atoms with Gasteiger partial charge in [0.25, 0.3) is 20.0 Å². The Hall–Kier alpha value is -3.04. The first-order valence-corrected chi connectivity index (χ1v) is 11.5. The van der Waals surface area contributed by atoms with Crippen LogP contribution in [0.25, 0.3) is 0 Å². The van der Waals surface area contributed by atoms with Gasteiger partial charge in [-0.3, -0.25) is 9.44 Å². The summed E-state index contributed by atoms with van der Waals surface area (Å²) < 4.78 is 60.3. The van der Waals surface area contributed by atoms with E-state index in [1.807, 2.05) is 6.92 Å². The SMILES string of the molecule is COc1ccc(NS(=O)(=O)c2cccc(NS(=O)(=O)c3ccc(C)cc3)c2)cc1. The Labute approximate surface area is 170 Å². The van der Waals surface area contributed by atoms with Crippen LogP contribution in [0.2, 0.25) is 0 Å². The number of sulfonamides is 2. The van der Waals surface area contributed by atoms with E-state index in [9.17, 15) is 16.8 Å². The predicted octanol–water partition coefficient (Wildman–Crippen LogP) is 3.61. The molecule has 0 amide bonds. The van der Waals surface area contributed by atoms with E-state index in [0.29, 0.717) is 11.4 Å². The van der Waals surface area contributed by atoms with Gasteiger partial charge in [0.1, 0.15) is 5.75 Å². The number of anilines is 2. The third-order valence-electron chi connectivity index (χ3n) is 4.07. The Balaban J connectivity index is 1.83. The first-order chi connectivity index (χ1) is 13.7. The molecular weight excluding hydrogens is 412 g/mol. The van der Waals surface area contributed by atoms with Crippen molar-refractivity contribution in [2.45, 2.75) is 16.7 Å². The predicted molar refractivity (Wildman–Crippen MR) is 112 cm³/mol. The lowest BCUT2D eigenvalue weighted by Gasteiger charge is -2.12. The first kappa shape index (κ1) is 20.7. The molecule has 0 saturated heterocycles. The monoisotopic (exact) mass is 432 g/mol. The van der Waals surface area contributed by atoms with Crippen molar-refractivity contribution >= 4 is 31.4 Å². The van der Waals surface area contributed by atoms with Crippen LogP contribution in [0.3, 0.4) is 0 Å². The highest BCUT2D eigenvalue weighted by molar-refractivity contribution is 7.93. The second-order valence-electron chi connectivity index (χ2n) is 6.28. The van der Waals surface area contributed by atoms with Crippen LogP contribution in [0.4, 0.5) is 11.4 Å². The summed E-state index contributed by atoms with van der Waals surface area (Å²) in [7, 11) is -6.23. The van der Waals surface area contributed by atoms with E-state index in [4.69, 9.17) is 4.74 Å². The minimum absolute atomic E-state index is 0.0718.